The van der Waals surface area contributed by atoms with Crippen LogP contribution >= 0.6 is 0 Å². The number of urea groups is 1. The first-order valence-electron chi connectivity index (χ1n) is 19.3. The number of rotatable bonds is 11. The summed E-state index contributed by atoms with van der Waals surface area (Å²) in [7, 11) is 0. The average molecular weight is 878 g/mol. The predicted octanol–water partition coefficient (Wildman–Crippen LogP) is 7.81. The predicted molar refractivity (Wildman–Crippen MR) is 221 cm³/mol. The van der Waals surface area contributed by atoms with Gasteiger partial charge in [-0.15, -0.1) is 0 Å². The summed E-state index contributed by atoms with van der Waals surface area (Å²) in [6.45, 7) is 9.54. The van der Waals surface area contributed by atoms with Gasteiger partial charge in [0.1, 0.15) is 6.42 Å². The van der Waals surface area contributed by atoms with Crippen molar-refractivity contribution in [1.29, 1.82) is 0 Å². The summed E-state index contributed by atoms with van der Waals surface area (Å²) in [4.78, 5) is 66.4. The molecular formula is C44H41F6N7O6. The van der Waals surface area contributed by atoms with Gasteiger partial charge in [-0.1, -0.05) is 18.2 Å². The number of carbonyl (C=O) groups is 5. The number of benzene rings is 4. The number of primary amides is 1. The van der Waals surface area contributed by atoms with Crippen LogP contribution < -0.4 is 37.2 Å². The molecule has 6 rings (SSSR count). The number of allylic oxidation sites excluding steroid dienone is 2. The van der Waals surface area contributed by atoms with Crippen LogP contribution in [0.4, 0.5) is 53.9 Å². The molecule has 0 bridgehead atoms. The maximum Gasteiger partial charge on any atom is 0.416 e. The van der Waals surface area contributed by atoms with E-state index in [2.05, 4.69) is 21.7 Å². The molecule has 0 saturated carbocycles. The molecule has 0 saturated heterocycles. The maximum absolute atomic E-state index is 15.1. The van der Waals surface area contributed by atoms with Crippen molar-refractivity contribution in [2.45, 2.75) is 66.7 Å². The summed E-state index contributed by atoms with van der Waals surface area (Å²) < 4.78 is 92.4. The lowest BCUT2D eigenvalue weighted by Crippen LogP contribution is -2.40. The number of fused-ring (bicyclic) bond motifs is 2. The molecule has 0 radical (unpaired) electrons. The number of nitrogens with two attached hydrogens (primary N) is 1. The molecule has 2 aliphatic rings. The van der Waals surface area contributed by atoms with Gasteiger partial charge in [0.15, 0.2) is 0 Å². The number of amides is 5. The van der Waals surface area contributed by atoms with E-state index in [0.29, 0.717) is 11.3 Å². The molecule has 13 nitrogen and oxygen atoms in total. The minimum Gasteiger partial charge on any atom is -0.466 e. The Bertz CT molecular complexity index is 2630. The molecule has 2 heterocycles. The lowest BCUT2D eigenvalue weighted by Gasteiger charge is -2.22. The molecule has 2 aliphatic heterocycles. The Hall–Kier alpha value is -7.31. The highest BCUT2D eigenvalue weighted by Crippen LogP contribution is 2.49. The summed E-state index contributed by atoms with van der Waals surface area (Å²) >= 11 is 0. The van der Waals surface area contributed by atoms with Gasteiger partial charge in [0, 0.05) is 33.9 Å². The molecule has 0 aromatic heterocycles. The van der Waals surface area contributed by atoms with Crippen LogP contribution in [0.2, 0.25) is 0 Å². The first-order valence-corrected chi connectivity index (χ1v) is 19.3. The molecule has 4 aromatic carbocycles. The van der Waals surface area contributed by atoms with E-state index in [1.54, 1.807) is 45.9 Å². The zero-order valence-electron chi connectivity index (χ0n) is 34.7. The van der Waals surface area contributed by atoms with Crippen LogP contribution in [0.25, 0.3) is 11.1 Å². The monoisotopic (exact) mass is 877 g/mol. The van der Waals surface area contributed by atoms with Gasteiger partial charge in [0.25, 0.3) is 11.8 Å². The number of hydrogen-bond acceptors (Lipinski definition) is 8. The van der Waals surface area contributed by atoms with Crippen molar-refractivity contribution in [3.8, 4) is 0 Å². The first-order chi connectivity index (χ1) is 29.5. The number of alkyl halides is 6. The van der Waals surface area contributed by atoms with E-state index in [4.69, 9.17) is 10.5 Å². The summed E-state index contributed by atoms with van der Waals surface area (Å²) in [6, 6.07) is 13.3. The van der Waals surface area contributed by atoms with Crippen molar-refractivity contribution in [2.24, 2.45) is 5.73 Å². The van der Waals surface area contributed by atoms with Crippen LogP contribution in [0.1, 0.15) is 77.3 Å². The number of aryl methyl sites for hydroxylation is 3. The van der Waals surface area contributed by atoms with Gasteiger partial charge in [-0.05, 0) is 124 Å². The fourth-order valence-electron chi connectivity index (χ4n) is 7.65. The van der Waals surface area contributed by atoms with Gasteiger partial charge in [0.05, 0.1) is 40.3 Å². The second kappa shape index (κ2) is 17.2. The molecule has 330 valence electrons. The third kappa shape index (κ3) is 9.46. The smallest absolute Gasteiger partial charge is 0.416 e. The topological polar surface area (TPSA) is 175 Å². The number of ether oxygens (including phenoxy) is 1. The third-order valence-corrected chi connectivity index (χ3v) is 10.1. The minimum absolute atomic E-state index is 0.00522. The Balaban J connectivity index is 1.47. The van der Waals surface area contributed by atoms with Crippen molar-refractivity contribution in [3.63, 3.8) is 0 Å². The second-order valence-corrected chi connectivity index (χ2v) is 15.0. The van der Waals surface area contributed by atoms with E-state index in [1.807, 2.05) is 6.07 Å². The zero-order valence-corrected chi connectivity index (χ0v) is 34.7. The fourth-order valence-corrected chi connectivity index (χ4v) is 7.65. The summed E-state index contributed by atoms with van der Waals surface area (Å²) in [5.41, 5.74) is 14.5. The maximum atomic E-state index is 15.1. The zero-order chi connectivity index (χ0) is 46.3. The van der Waals surface area contributed by atoms with Gasteiger partial charge < -0.3 is 21.3 Å². The number of esters is 1. The van der Waals surface area contributed by atoms with Gasteiger partial charge >= 0.3 is 24.4 Å². The standard InChI is InChI=1S/C44H41F6N7O6/c1-7-63-37(59)20-36(58)54-52-24(5)38-31-9-8-28(43(45,46)47)18-34(31)57(40(38)60)30-14-23(4)11-26(16-30)15-27-17-32-35(19-33(27)44(48,49)50)56(29-12-21(2)10-22(3)13-29)41(61)39(32)25(6)53-55-42(51)62/h8-14,16-19,52-53H,7,15,20H2,1-6H3,(H,54,58)(H3,51,55,62)/b38-24-,39-25-. The van der Waals surface area contributed by atoms with E-state index >= 15 is 13.2 Å². The lowest BCUT2D eigenvalue weighted by atomic mass is 9.93. The number of carbonyl (C=O) groups excluding carboxylic acids is 5. The van der Waals surface area contributed by atoms with Crippen LogP contribution in [0, 0.1) is 20.8 Å². The lowest BCUT2D eigenvalue weighted by molar-refractivity contribution is -0.146. The van der Waals surface area contributed by atoms with E-state index in [0.717, 1.165) is 45.2 Å². The third-order valence-electron chi connectivity index (χ3n) is 10.1. The van der Waals surface area contributed by atoms with Crippen molar-refractivity contribution < 1.29 is 55.1 Å². The normalized spacial score (nSPS) is 15.2. The van der Waals surface area contributed by atoms with Crippen molar-refractivity contribution in [1.82, 2.24) is 21.7 Å². The minimum atomic E-state index is -4.95. The number of nitrogens with zero attached hydrogens (tertiary/aromatic N) is 2. The Morgan fingerprint density at radius 1 is 0.667 bits per heavy atom. The quantitative estimate of drug-likeness (QED) is 0.0334. The van der Waals surface area contributed by atoms with Crippen molar-refractivity contribution in [2.75, 3.05) is 16.4 Å². The van der Waals surface area contributed by atoms with Gasteiger partial charge in [-0.25, -0.2) is 4.79 Å². The summed E-state index contributed by atoms with van der Waals surface area (Å²) in [5, 5.41) is 0. The summed E-state index contributed by atoms with van der Waals surface area (Å²) in [6.07, 6.45) is -10.9. The summed E-state index contributed by atoms with van der Waals surface area (Å²) in [5.74, 6) is -3.16. The number of hydrazine groups is 2. The Kier molecular flexibility index (Phi) is 12.4. The van der Waals surface area contributed by atoms with Crippen LogP contribution in [0.3, 0.4) is 0 Å². The molecule has 4 aromatic rings. The molecule has 0 spiro atoms. The van der Waals surface area contributed by atoms with Gasteiger partial charge in [-0.2, -0.15) is 26.3 Å². The largest absolute Gasteiger partial charge is 0.466 e. The first kappa shape index (κ1) is 45.2. The van der Waals surface area contributed by atoms with Crippen LogP contribution in [-0.2, 0) is 42.7 Å². The Morgan fingerprint density at radius 2 is 1.21 bits per heavy atom. The highest BCUT2D eigenvalue weighted by molar-refractivity contribution is 6.36. The highest BCUT2D eigenvalue weighted by Gasteiger charge is 2.42. The van der Waals surface area contributed by atoms with Crippen LogP contribution in [-0.4, -0.2) is 36.3 Å². The molecule has 5 amide bonds. The van der Waals surface area contributed by atoms with Gasteiger partial charge in [0.2, 0.25) is 5.91 Å². The SMILES string of the molecule is CCOC(=O)CC(=O)NN/C(C)=C1\C(=O)N(c2cc(C)cc(Cc3cc4c(cc3C(F)(F)F)N(c3cc(C)cc(C)c3)C(=O)/C4=C(/C)NNC(N)=O)c2)c2cc(C(F)(F)F)ccc21. The number of anilines is 4. The highest BCUT2D eigenvalue weighted by atomic mass is 19.4. The van der Waals surface area contributed by atoms with Crippen molar-refractivity contribution >= 4 is 63.6 Å². The second-order valence-electron chi connectivity index (χ2n) is 15.0. The average Bonchev–Trinajstić information content (AvgIpc) is 3.62. The number of nitrogens with one attached hydrogen (secondary N) is 4. The van der Waals surface area contributed by atoms with E-state index in [9.17, 15) is 37.1 Å². The molecule has 6 N–H and O–H groups in total. The number of halogens is 6. The van der Waals surface area contributed by atoms with Gasteiger partial charge in [-0.3, -0.25) is 39.8 Å². The molecular weight excluding hydrogens is 837 g/mol. The van der Waals surface area contributed by atoms with Crippen molar-refractivity contribution in [3.05, 3.63) is 128 Å². The molecule has 0 aliphatic carbocycles. The molecule has 63 heavy (non-hydrogen) atoms. The van der Waals surface area contributed by atoms with E-state index in [-0.39, 0.29) is 68.5 Å². The Morgan fingerprint density at radius 3 is 1.76 bits per heavy atom. The molecule has 0 unspecified atom stereocenters. The number of hydrogen-bond donors (Lipinski definition) is 5. The van der Waals surface area contributed by atoms with Crippen LogP contribution in [0.15, 0.2) is 78.1 Å². The van der Waals surface area contributed by atoms with E-state index in [1.165, 1.54) is 32.0 Å². The Labute approximate surface area is 356 Å². The molecule has 19 heteroatoms. The van der Waals surface area contributed by atoms with E-state index < -0.39 is 66.0 Å². The fraction of sp³-hybridized carbons (Fsp3) is 0.250. The molecule has 0 fully saturated rings. The van der Waals surface area contributed by atoms with Crippen LogP contribution in [0.5, 0.6) is 0 Å². The molecule has 0 atom stereocenters.